The highest BCUT2D eigenvalue weighted by Crippen LogP contribution is 2.22. The Morgan fingerprint density at radius 2 is 1.07 bits per heavy atom. The molecule has 8 heteroatoms. The van der Waals surface area contributed by atoms with Crippen molar-refractivity contribution in [1.29, 1.82) is 0 Å². The molecule has 29 heavy (non-hydrogen) atoms. The molecule has 1 N–H and O–H groups in total. The molecule has 0 bridgehead atoms. The van der Waals surface area contributed by atoms with E-state index < -0.39 is 20.0 Å². The fraction of sp³-hybridized carbons (Fsp3) is 0.0476. The van der Waals surface area contributed by atoms with Crippen molar-refractivity contribution in [1.82, 2.24) is 9.25 Å². The molecule has 4 aromatic carbocycles. The Morgan fingerprint density at radius 3 is 1.62 bits per heavy atom. The van der Waals surface area contributed by atoms with Gasteiger partial charge in [0.2, 0.25) is 0 Å². The SMILES string of the molecule is CN(NS(=O)(=O)c1ccc2ccccc2c1)S(=O)(=O)c1ccc2ccccc2c1. The average Bonchev–Trinajstić information content (AvgIpc) is 2.72. The minimum Gasteiger partial charge on any atom is -0.206 e. The second kappa shape index (κ2) is 7.23. The lowest BCUT2D eigenvalue weighted by Crippen LogP contribution is -2.43. The third-order valence-corrected chi connectivity index (χ3v) is 7.83. The maximum absolute atomic E-state index is 12.9. The summed E-state index contributed by atoms with van der Waals surface area (Å²) in [4.78, 5) is 2.12. The van der Waals surface area contributed by atoms with Crippen LogP contribution in [0, 0.1) is 0 Å². The zero-order valence-corrected chi connectivity index (χ0v) is 17.1. The van der Waals surface area contributed by atoms with Gasteiger partial charge in [0.15, 0.2) is 0 Å². The molecule has 4 aromatic rings. The number of nitrogens with one attached hydrogen (secondary N) is 1. The summed E-state index contributed by atoms with van der Waals surface area (Å²) in [6, 6.07) is 24.0. The maximum Gasteiger partial charge on any atom is 0.256 e. The maximum atomic E-state index is 12.9. The van der Waals surface area contributed by atoms with E-state index in [9.17, 15) is 16.8 Å². The molecule has 0 aliphatic heterocycles. The normalized spacial score (nSPS) is 12.6. The van der Waals surface area contributed by atoms with Gasteiger partial charge in [-0.05, 0) is 45.8 Å². The summed E-state index contributed by atoms with van der Waals surface area (Å²) in [7, 11) is -6.99. The van der Waals surface area contributed by atoms with E-state index in [0.717, 1.165) is 21.5 Å². The van der Waals surface area contributed by atoms with E-state index in [1.807, 2.05) is 36.4 Å². The first-order valence-corrected chi connectivity index (χ1v) is 11.7. The number of nitrogens with zero attached hydrogens (tertiary/aromatic N) is 1. The van der Waals surface area contributed by atoms with E-state index in [1.165, 1.54) is 31.3 Å². The Hall–Kier alpha value is -2.78. The van der Waals surface area contributed by atoms with Crippen LogP contribution in [0.3, 0.4) is 0 Å². The van der Waals surface area contributed by atoms with Crippen LogP contribution in [-0.2, 0) is 20.0 Å². The van der Waals surface area contributed by atoms with Crippen LogP contribution in [0.25, 0.3) is 21.5 Å². The molecule has 0 unspecified atom stereocenters. The molecule has 6 nitrogen and oxygen atoms in total. The highest BCUT2D eigenvalue weighted by molar-refractivity contribution is 7.92. The zero-order valence-electron chi connectivity index (χ0n) is 15.5. The summed E-state index contributed by atoms with van der Waals surface area (Å²) in [6.07, 6.45) is 0. The average molecular weight is 427 g/mol. The zero-order chi connectivity index (χ0) is 20.6. The van der Waals surface area contributed by atoms with Crippen LogP contribution in [0.4, 0.5) is 0 Å². The molecule has 4 rings (SSSR count). The monoisotopic (exact) mass is 426 g/mol. The highest BCUT2D eigenvalue weighted by Gasteiger charge is 2.26. The lowest BCUT2D eigenvalue weighted by molar-refractivity contribution is 0.432. The molecule has 0 spiro atoms. The number of sulfonamides is 2. The van der Waals surface area contributed by atoms with Gasteiger partial charge < -0.3 is 0 Å². The second-order valence-corrected chi connectivity index (χ2v) is 10.2. The third kappa shape index (κ3) is 3.75. The van der Waals surface area contributed by atoms with E-state index in [0.29, 0.717) is 4.41 Å². The largest absolute Gasteiger partial charge is 0.256 e. The van der Waals surface area contributed by atoms with Crippen molar-refractivity contribution in [3.63, 3.8) is 0 Å². The number of hydrogen-bond acceptors (Lipinski definition) is 4. The molecule has 0 saturated carbocycles. The number of benzene rings is 4. The van der Waals surface area contributed by atoms with E-state index in [4.69, 9.17) is 0 Å². The van der Waals surface area contributed by atoms with Crippen LogP contribution in [-0.4, -0.2) is 28.3 Å². The van der Waals surface area contributed by atoms with Crippen LogP contribution in [0.1, 0.15) is 0 Å². The summed E-state index contributed by atoms with van der Waals surface area (Å²) in [6.45, 7) is 0. The summed E-state index contributed by atoms with van der Waals surface area (Å²) in [5.74, 6) is 0. The van der Waals surface area contributed by atoms with Gasteiger partial charge in [-0.2, -0.15) is 0 Å². The number of rotatable bonds is 5. The fourth-order valence-corrected chi connectivity index (χ4v) is 5.58. The Kier molecular flexibility index (Phi) is 4.87. The van der Waals surface area contributed by atoms with Gasteiger partial charge in [-0.15, -0.1) is 9.25 Å². The van der Waals surface area contributed by atoms with Gasteiger partial charge in [-0.3, -0.25) is 0 Å². The molecule has 0 amide bonds. The standard InChI is InChI=1S/C21H18N2O4S2/c1-23(29(26,27)21-13-11-17-7-3-5-9-19(17)15-21)22-28(24,25)20-12-10-16-6-2-4-8-18(16)14-20/h2-15,22H,1H3. The molecule has 0 atom stereocenters. The lowest BCUT2D eigenvalue weighted by Gasteiger charge is -2.19. The molecular formula is C21H18N2O4S2. The predicted octanol–water partition coefficient (Wildman–Crippen LogP) is 3.51. The van der Waals surface area contributed by atoms with Gasteiger partial charge in [0.25, 0.3) is 20.0 Å². The highest BCUT2D eigenvalue weighted by atomic mass is 32.2. The first-order valence-electron chi connectivity index (χ1n) is 8.76. The molecule has 0 fully saturated rings. The minimum atomic E-state index is -4.09. The molecule has 0 radical (unpaired) electrons. The van der Waals surface area contributed by atoms with Gasteiger partial charge in [0.1, 0.15) is 0 Å². The van der Waals surface area contributed by atoms with Crippen LogP contribution in [0.5, 0.6) is 0 Å². The van der Waals surface area contributed by atoms with E-state index in [1.54, 1.807) is 24.3 Å². The van der Waals surface area contributed by atoms with Crippen molar-refractivity contribution < 1.29 is 16.8 Å². The van der Waals surface area contributed by atoms with Crippen LogP contribution in [0.15, 0.2) is 94.7 Å². The van der Waals surface area contributed by atoms with Crippen molar-refractivity contribution in [3.8, 4) is 0 Å². The van der Waals surface area contributed by atoms with E-state index in [2.05, 4.69) is 4.83 Å². The van der Waals surface area contributed by atoms with Crippen molar-refractivity contribution >= 4 is 41.6 Å². The fourth-order valence-electron chi connectivity index (χ4n) is 3.09. The van der Waals surface area contributed by atoms with Crippen molar-refractivity contribution in [3.05, 3.63) is 84.9 Å². The quantitative estimate of drug-likeness (QED) is 0.495. The van der Waals surface area contributed by atoms with Gasteiger partial charge in [-0.1, -0.05) is 60.7 Å². The van der Waals surface area contributed by atoms with Crippen molar-refractivity contribution in [2.24, 2.45) is 0 Å². The smallest absolute Gasteiger partial charge is 0.206 e. The minimum absolute atomic E-state index is 0.0000820. The molecule has 0 aliphatic carbocycles. The van der Waals surface area contributed by atoms with Crippen LogP contribution in [0.2, 0.25) is 0 Å². The molecular weight excluding hydrogens is 408 g/mol. The summed E-state index contributed by atoms with van der Waals surface area (Å²) >= 11 is 0. The Balaban J connectivity index is 1.66. The molecule has 0 aromatic heterocycles. The van der Waals surface area contributed by atoms with Gasteiger partial charge in [0.05, 0.1) is 9.79 Å². The first-order chi connectivity index (χ1) is 13.8. The topological polar surface area (TPSA) is 83.6 Å². The summed E-state index contributed by atoms with van der Waals surface area (Å²) < 4.78 is 51.9. The molecule has 0 aliphatic rings. The van der Waals surface area contributed by atoms with Crippen LogP contribution >= 0.6 is 0 Å². The van der Waals surface area contributed by atoms with Gasteiger partial charge in [0, 0.05) is 7.05 Å². The van der Waals surface area contributed by atoms with E-state index in [-0.39, 0.29) is 9.79 Å². The van der Waals surface area contributed by atoms with Crippen molar-refractivity contribution in [2.75, 3.05) is 7.05 Å². The first kappa shape index (κ1) is 19.5. The Labute approximate surface area is 169 Å². The number of hydrazine groups is 1. The summed E-state index contributed by atoms with van der Waals surface area (Å²) in [5, 5.41) is 3.28. The van der Waals surface area contributed by atoms with Crippen LogP contribution < -0.4 is 4.83 Å². The molecule has 0 heterocycles. The Bertz CT molecular complexity index is 1430. The van der Waals surface area contributed by atoms with Crippen molar-refractivity contribution in [2.45, 2.75) is 9.79 Å². The lowest BCUT2D eigenvalue weighted by atomic mass is 10.1. The van der Waals surface area contributed by atoms with Gasteiger partial charge in [-0.25, -0.2) is 16.8 Å². The molecule has 0 saturated heterocycles. The van der Waals surface area contributed by atoms with E-state index >= 15 is 0 Å². The van der Waals surface area contributed by atoms with Gasteiger partial charge >= 0.3 is 0 Å². The molecule has 148 valence electrons. The predicted molar refractivity (Wildman–Crippen MR) is 113 cm³/mol. The Morgan fingerprint density at radius 1 is 0.621 bits per heavy atom. The summed E-state index contributed by atoms with van der Waals surface area (Å²) in [5.41, 5.74) is 0. The number of fused-ring (bicyclic) bond motifs is 2. The number of hydrogen-bond donors (Lipinski definition) is 1. The second-order valence-electron chi connectivity index (χ2n) is 6.59. The third-order valence-electron chi connectivity index (χ3n) is 4.66.